The second-order valence-corrected chi connectivity index (χ2v) is 12.3. The molecule has 1 aliphatic carbocycles. The summed E-state index contributed by atoms with van der Waals surface area (Å²) in [6, 6.07) is 5.77. The fraction of sp³-hybridized carbons (Fsp3) is 0.552. The molecule has 0 saturated carbocycles. The van der Waals surface area contributed by atoms with Crippen LogP contribution in [0.4, 0.5) is 4.79 Å². The first-order valence-electron chi connectivity index (χ1n) is 12.9. The summed E-state index contributed by atoms with van der Waals surface area (Å²) in [4.78, 5) is 39.3. The lowest BCUT2D eigenvalue weighted by atomic mass is 9.75. The number of hydrogen-bond acceptors (Lipinski definition) is 4. The first-order chi connectivity index (χ1) is 16.7. The van der Waals surface area contributed by atoms with Crippen molar-refractivity contribution in [2.24, 2.45) is 17.1 Å². The zero-order valence-corrected chi connectivity index (χ0v) is 22.4. The van der Waals surface area contributed by atoms with E-state index in [9.17, 15) is 14.4 Å². The molecule has 2 amide bonds. The van der Waals surface area contributed by atoms with Crippen LogP contribution in [0, 0.1) is 18.3 Å². The van der Waals surface area contributed by atoms with Crippen molar-refractivity contribution in [1.82, 2.24) is 9.47 Å². The minimum atomic E-state index is -0.513. The van der Waals surface area contributed by atoms with Crippen LogP contribution in [0.15, 0.2) is 24.4 Å². The van der Waals surface area contributed by atoms with Crippen LogP contribution in [-0.2, 0) is 17.6 Å². The smallest absolute Gasteiger partial charge is 0.410 e. The minimum absolute atomic E-state index is 0.0925. The molecule has 1 saturated heterocycles. The van der Waals surface area contributed by atoms with Gasteiger partial charge in [0.15, 0.2) is 5.78 Å². The Bertz CT molecular complexity index is 1190. The number of Topliss-reactive ketones (excluding diaryl/α,β-unsaturated/α-hetero) is 1. The molecule has 2 aromatic rings. The van der Waals surface area contributed by atoms with Crippen LogP contribution in [0.25, 0.3) is 5.69 Å². The summed E-state index contributed by atoms with van der Waals surface area (Å²) in [6.45, 7) is 13.1. The summed E-state index contributed by atoms with van der Waals surface area (Å²) < 4.78 is 7.63. The maximum absolute atomic E-state index is 12.9. The van der Waals surface area contributed by atoms with E-state index >= 15 is 0 Å². The van der Waals surface area contributed by atoms with E-state index in [4.69, 9.17) is 10.5 Å². The number of fused-ring (bicyclic) bond motifs is 1. The third-order valence-corrected chi connectivity index (χ3v) is 7.27. The number of carbonyl (C=O) groups excluding carboxylic acids is 3. The van der Waals surface area contributed by atoms with Crippen molar-refractivity contribution in [3.63, 3.8) is 0 Å². The van der Waals surface area contributed by atoms with Gasteiger partial charge < -0.3 is 19.9 Å². The van der Waals surface area contributed by atoms with Crippen molar-refractivity contribution in [2.75, 3.05) is 13.1 Å². The van der Waals surface area contributed by atoms with E-state index in [1.165, 1.54) is 0 Å². The Labute approximate surface area is 214 Å². The molecule has 0 bridgehead atoms. The lowest BCUT2D eigenvalue weighted by Crippen LogP contribution is -2.42. The number of ketones is 1. The molecule has 0 radical (unpaired) electrons. The standard InChI is InChI=1S/C29H39N3O4/c1-18-17-32(23-15-29(5,6)16-24(33)25(18)23)21-7-8-22(26(30)34)20(14-21)13-19-9-11-31(12-10-19)27(35)36-28(2,3)4/h7-8,14,17,19H,9-13,15-16H2,1-6H3,(H2,30,34). The van der Waals surface area contributed by atoms with Crippen molar-refractivity contribution < 1.29 is 19.1 Å². The molecule has 194 valence electrons. The third-order valence-electron chi connectivity index (χ3n) is 7.27. The number of carbonyl (C=O) groups is 3. The zero-order valence-electron chi connectivity index (χ0n) is 22.4. The number of rotatable bonds is 4. The summed E-state index contributed by atoms with van der Waals surface area (Å²) in [7, 11) is 0. The van der Waals surface area contributed by atoms with E-state index in [1.54, 1.807) is 11.0 Å². The van der Waals surface area contributed by atoms with Gasteiger partial charge in [-0.2, -0.15) is 0 Å². The van der Waals surface area contributed by atoms with Gasteiger partial charge in [0.2, 0.25) is 5.91 Å². The lowest BCUT2D eigenvalue weighted by Gasteiger charge is -2.33. The van der Waals surface area contributed by atoms with Crippen LogP contribution < -0.4 is 5.73 Å². The summed E-state index contributed by atoms with van der Waals surface area (Å²) >= 11 is 0. The average molecular weight is 494 g/mol. The SMILES string of the molecule is Cc1cn(-c2ccc(C(N)=O)c(CC3CCN(C(=O)OC(C)(C)C)CC3)c2)c2c1C(=O)CC(C)(C)C2. The van der Waals surface area contributed by atoms with Gasteiger partial charge in [0, 0.05) is 48.2 Å². The maximum Gasteiger partial charge on any atom is 0.410 e. The largest absolute Gasteiger partial charge is 0.444 e. The summed E-state index contributed by atoms with van der Waals surface area (Å²) in [6.07, 6.45) is 5.51. The summed E-state index contributed by atoms with van der Waals surface area (Å²) in [5, 5.41) is 0. The highest BCUT2D eigenvalue weighted by Crippen LogP contribution is 2.38. The van der Waals surface area contributed by atoms with Crippen molar-refractivity contribution in [2.45, 2.75) is 79.2 Å². The number of amides is 2. The molecule has 36 heavy (non-hydrogen) atoms. The number of piperidine rings is 1. The van der Waals surface area contributed by atoms with E-state index in [0.29, 0.717) is 37.4 Å². The van der Waals surface area contributed by atoms with Gasteiger partial charge in [0.05, 0.1) is 0 Å². The lowest BCUT2D eigenvalue weighted by molar-refractivity contribution is 0.0184. The van der Waals surface area contributed by atoms with Gasteiger partial charge in [-0.25, -0.2) is 4.79 Å². The molecule has 2 N–H and O–H groups in total. The molecule has 7 heteroatoms. The molecular formula is C29H39N3O4. The predicted molar refractivity (Wildman–Crippen MR) is 140 cm³/mol. The molecule has 2 heterocycles. The predicted octanol–water partition coefficient (Wildman–Crippen LogP) is 5.23. The molecule has 0 atom stereocenters. The zero-order chi connectivity index (χ0) is 26.4. The number of aromatic nitrogens is 1. The number of aryl methyl sites for hydroxylation is 1. The number of nitrogens with two attached hydrogens (primary N) is 1. The minimum Gasteiger partial charge on any atom is -0.444 e. The monoisotopic (exact) mass is 493 g/mol. The Morgan fingerprint density at radius 1 is 1.14 bits per heavy atom. The molecular weight excluding hydrogens is 454 g/mol. The highest BCUT2D eigenvalue weighted by atomic mass is 16.6. The summed E-state index contributed by atoms with van der Waals surface area (Å²) in [5.41, 5.74) is 10.4. The Balaban J connectivity index is 1.57. The second kappa shape index (κ2) is 9.41. The van der Waals surface area contributed by atoms with Crippen LogP contribution in [-0.4, -0.2) is 45.9 Å². The van der Waals surface area contributed by atoms with Crippen LogP contribution in [0.3, 0.4) is 0 Å². The maximum atomic E-state index is 12.9. The van der Waals surface area contributed by atoms with Crippen LogP contribution in [0.1, 0.15) is 91.4 Å². The second-order valence-electron chi connectivity index (χ2n) is 12.3. The van der Waals surface area contributed by atoms with Gasteiger partial charge in [-0.05, 0) is 94.0 Å². The van der Waals surface area contributed by atoms with E-state index in [-0.39, 0.29) is 17.3 Å². The fourth-order valence-corrected chi connectivity index (χ4v) is 5.60. The number of nitrogens with zero attached hydrogens (tertiary/aromatic N) is 2. The van der Waals surface area contributed by atoms with Gasteiger partial charge in [0.1, 0.15) is 5.60 Å². The third kappa shape index (κ3) is 5.50. The first kappa shape index (κ1) is 26.0. The molecule has 0 unspecified atom stereocenters. The van der Waals surface area contributed by atoms with Crippen molar-refractivity contribution in [3.05, 3.63) is 52.3 Å². The molecule has 2 aliphatic rings. The topological polar surface area (TPSA) is 94.6 Å². The van der Waals surface area contributed by atoms with E-state index in [2.05, 4.69) is 18.4 Å². The summed E-state index contributed by atoms with van der Waals surface area (Å²) in [5.74, 6) is 0.0888. The Kier molecular flexibility index (Phi) is 6.80. The van der Waals surface area contributed by atoms with Crippen LogP contribution >= 0.6 is 0 Å². The van der Waals surface area contributed by atoms with Crippen LogP contribution in [0.2, 0.25) is 0 Å². The Morgan fingerprint density at radius 3 is 2.42 bits per heavy atom. The van der Waals surface area contributed by atoms with Gasteiger partial charge in [-0.1, -0.05) is 13.8 Å². The molecule has 1 aliphatic heterocycles. The first-order valence-corrected chi connectivity index (χ1v) is 12.9. The van der Waals surface area contributed by atoms with E-state index < -0.39 is 11.5 Å². The van der Waals surface area contributed by atoms with E-state index in [0.717, 1.165) is 47.3 Å². The number of primary amides is 1. The molecule has 7 nitrogen and oxygen atoms in total. The van der Waals surface area contributed by atoms with E-state index in [1.807, 2.05) is 46.0 Å². The van der Waals surface area contributed by atoms with Gasteiger partial charge >= 0.3 is 6.09 Å². The molecule has 4 rings (SSSR count). The number of likely N-dealkylation sites (tertiary alicyclic amines) is 1. The van der Waals surface area contributed by atoms with Crippen LogP contribution in [0.5, 0.6) is 0 Å². The normalized spacial score (nSPS) is 18.2. The Morgan fingerprint density at radius 2 is 1.81 bits per heavy atom. The fourth-order valence-electron chi connectivity index (χ4n) is 5.60. The molecule has 1 aromatic heterocycles. The number of hydrogen-bond donors (Lipinski definition) is 1. The quantitative estimate of drug-likeness (QED) is 0.631. The van der Waals surface area contributed by atoms with Gasteiger partial charge in [-0.15, -0.1) is 0 Å². The highest BCUT2D eigenvalue weighted by molar-refractivity contribution is 6.00. The molecule has 0 spiro atoms. The molecule has 1 fully saturated rings. The average Bonchev–Trinajstić information content (AvgIpc) is 3.08. The van der Waals surface area contributed by atoms with Gasteiger partial charge in [0.25, 0.3) is 0 Å². The highest BCUT2D eigenvalue weighted by Gasteiger charge is 2.35. The van der Waals surface area contributed by atoms with Crippen molar-refractivity contribution in [3.8, 4) is 5.69 Å². The number of benzene rings is 1. The number of ether oxygens (including phenoxy) is 1. The Hall–Kier alpha value is -3.09. The van der Waals surface area contributed by atoms with Crippen molar-refractivity contribution >= 4 is 17.8 Å². The van der Waals surface area contributed by atoms with Gasteiger partial charge in [-0.3, -0.25) is 9.59 Å². The molecule has 1 aromatic carbocycles. The van der Waals surface area contributed by atoms with Crippen molar-refractivity contribution in [1.29, 1.82) is 0 Å².